The molecule has 11 heteroatoms. The number of hydrogen-bond acceptors (Lipinski definition) is 7. The topological polar surface area (TPSA) is 174 Å². The van der Waals surface area contributed by atoms with E-state index < -0.39 is 55.0 Å². The van der Waals surface area contributed by atoms with Gasteiger partial charge in [-0.05, 0) is 5.92 Å². The lowest BCUT2D eigenvalue weighted by atomic mass is 10.0. The Morgan fingerprint density at radius 2 is 1.38 bits per heavy atom. The van der Waals surface area contributed by atoms with E-state index in [-0.39, 0.29) is 12.5 Å². The first-order chi connectivity index (χ1) is 12.2. The van der Waals surface area contributed by atoms with Gasteiger partial charge in [0.15, 0.2) is 0 Å². The second kappa shape index (κ2) is 11.9. The molecular formula is C15H26N4O7. The zero-order valence-electron chi connectivity index (χ0n) is 14.9. The Labute approximate surface area is 150 Å². The molecule has 0 rings (SSSR count). The van der Waals surface area contributed by atoms with Gasteiger partial charge >= 0.3 is 0 Å². The Kier molecular flexibility index (Phi) is 10.8. The van der Waals surface area contributed by atoms with E-state index in [0.29, 0.717) is 6.29 Å². The maximum Gasteiger partial charge on any atom is 0.245 e. The van der Waals surface area contributed by atoms with Crippen molar-refractivity contribution in [3.63, 3.8) is 0 Å². The molecule has 0 aliphatic rings. The van der Waals surface area contributed by atoms with Crippen LogP contribution in [0, 0.1) is 5.92 Å². The molecule has 148 valence electrons. The van der Waals surface area contributed by atoms with Crippen molar-refractivity contribution in [1.82, 2.24) is 21.3 Å². The third-order valence-electron chi connectivity index (χ3n) is 3.30. The molecule has 0 unspecified atom stereocenters. The number of rotatable bonds is 11. The fourth-order valence-corrected chi connectivity index (χ4v) is 1.95. The highest BCUT2D eigenvalue weighted by atomic mass is 16.3. The maximum atomic E-state index is 12.3. The molecule has 0 heterocycles. The quantitative estimate of drug-likeness (QED) is 0.203. The lowest BCUT2D eigenvalue weighted by Gasteiger charge is -2.25. The summed E-state index contributed by atoms with van der Waals surface area (Å²) in [5, 5.41) is 27.5. The van der Waals surface area contributed by atoms with Gasteiger partial charge in [0.2, 0.25) is 23.6 Å². The molecule has 11 nitrogen and oxygen atoms in total. The molecule has 0 fully saturated rings. The van der Waals surface area contributed by atoms with E-state index in [0.717, 1.165) is 6.92 Å². The van der Waals surface area contributed by atoms with Crippen molar-refractivity contribution >= 4 is 29.9 Å². The van der Waals surface area contributed by atoms with Crippen LogP contribution in [0.25, 0.3) is 0 Å². The van der Waals surface area contributed by atoms with E-state index in [4.69, 9.17) is 5.11 Å². The number of amides is 4. The van der Waals surface area contributed by atoms with Crippen LogP contribution in [-0.4, -0.2) is 78.0 Å². The number of aliphatic hydroxyl groups is 2. The van der Waals surface area contributed by atoms with Crippen LogP contribution in [0.3, 0.4) is 0 Å². The summed E-state index contributed by atoms with van der Waals surface area (Å²) in [6.45, 7) is 2.79. The molecule has 26 heavy (non-hydrogen) atoms. The van der Waals surface area contributed by atoms with Crippen LogP contribution >= 0.6 is 0 Å². The van der Waals surface area contributed by atoms with Crippen molar-refractivity contribution in [3.05, 3.63) is 0 Å². The van der Waals surface area contributed by atoms with Gasteiger partial charge in [0.05, 0.1) is 19.8 Å². The molecule has 6 N–H and O–H groups in total. The fourth-order valence-electron chi connectivity index (χ4n) is 1.95. The Balaban J connectivity index is 4.98. The van der Waals surface area contributed by atoms with Crippen molar-refractivity contribution in [2.45, 2.75) is 38.9 Å². The van der Waals surface area contributed by atoms with Crippen LogP contribution in [0.15, 0.2) is 0 Å². The minimum absolute atomic E-state index is 0.215. The number of hydrogen-bond donors (Lipinski definition) is 6. The van der Waals surface area contributed by atoms with Crippen molar-refractivity contribution in [2.75, 3.05) is 19.8 Å². The summed E-state index contributed by atoms with van der Waals surface area (Å²) >= 11 is 0. The second-order valence-corrected chi connectivity index (χ2v) is 5.82. The van der Waals surface area contributed by atoms with Gasteiger partial charge in [-0.15, -0.1) is 0 Å². The zero-order valence-corrected chi connectivity index (χ0v) is 14.9. The molecule has 0 bridgehead atoms. The predicted molar refractivity (Wildman–Crippen MR) is 89.5 cm³/mol. The van der Waals surface area contributed by atoms with Crippen LogP contribution in [0.4, 0.5) is 0 Å². The van der Waals surface area contributed by atoms with Gasteiger partial charge in [-0.2, -0.15) is 0 Å². The molecule has 0 aromatic heterocycles. The highest BCUT2D eigenvalue weighted by Crippen LogP contribution is 2.02. The van der Waals surface area contributed by atoms with Crippen molar-refractivity contribution in [3.8, 4) is 0 Å². The van der Waals surface area contributed by atoms with Crippen molar-refractivity contribution in [2.24, 2.45) is 5.92 Å². The van der Waals surface area contributed by atoms with Crippen LogP contribution in [0.5, 0.6) is 0 Å². The predicted octanol–water partition coefficient (Wildman–Crippen LogP) is -3.58. The van der Waals surface area contributed by atoms with Gasteiger partial charge in [0.25, 0.3) is 0 Å². The lowest BCUT2D eigenvalue weighted by Crippen LogP contribution is -2.59. The van der Waals surface area contributed by atoms with E-state index in [1.165, 1.54) is 0 Å². The van der Waals surface area contributed by atoms with Crippen LogP contribution < -0.4 is 21.3 Å². The highest BCUT2D eigenvalue weighted by molar-refractivity contribution is 5.94. The number of aliphatic hydroxyl groups excluding tert-OH is 2. The summed E-state index contributed by atoms with van der Waals surface area (Å²) in [6, 6.07) is -3.67. The minimum Gasteiger partial charge on any atom is -0.394 e. The Hall–Kier alpha value is -2.53. The molecule has 0 aliphatic heterocycles. The second-order valence-electron chi connectivity index (χ2n) is 5.82. The summed E-state index contributed by atoms with van der Waals surface area (Å²) < 4.78 is 0. The van der Waals surface area contributed by atoms with E-state index in [1.807, 2.05) is 0 Å². The van der Waals surface area contributed by atoms with E-state index >= 15 is 0 Å². The van der Waals surface area contributed by atoms with Crippen molar-refractivity contribution in [1.29, 1.82) is 0 Å². The molecule has 0 aromatic carbocycles. The van der Waals surface area contributed by atoms with Crippen LogP contribution in [0.2, 0.25) is 0 Å². The van der Waals surface area contributed by atoms with Crippen molar-refractivity contribution < 1.29 is 34.2 Å². The van der Waals surface area contributed by atoms with E-state index in [1.54, 1.807) is 13.8 Å². The molecule has 0 radical (unpaired) electrons. The van der Waals surface area contributed by atoms with Gasteiger partial charge in [0.1, 0.15) is 24.4 Å². The first-order valence-corrected chi connectivity index (χ1v) is 7.98. The third-order valence-corrected chi connectivity index (χ3v) is 3.30. The standard InChI is InChI=1S/C15H26N4O7/c1-8(2)12(15(26)16-4-5-20)19-14(25)11(7-22)18-13(24)10(6-21)17-9(3)23/h5,8,10-12,21-22H,4,6-7H2,1-3H3,(H,16,26)(H,17,23)(H,18,24)(H,19,25)/t10-,11-,12-/m0/s1. The minimum atomic E-state index is -1.40. The normalized spacial score (nSPS) is 13.9. The largest absolute Gasteiger partial charge is 0.394 e. The maximum absolute atomic E-state index is 12.3. The number of aldehydes is 1. The number of carbonyl (C=O) groups is 5. The summed E-state index contributed by atoms with van der Waals surface area (Å²) in [7, 11) is 0. The zero-order chi connectivity index (χ0) is 20.3. The Morgan fingerprint density at radius 1 is 0.885 bits per heavy atom. The monoisotopic (exact) mass is 374 g/mol. The SMILES string of the molecule is CC(=O)N[C@@H](CO)C(=O)N[C@@H](CO)C(=O)N[C@H](C(=O)NCC=O)C(C)C. The lowest BCUT2D eigenvalue weighted by molar-refractivity contribution is -0.135. The molecule has 0 spiro atoms. The van der Waals surface area contributed by atoms with Gasteiger partial charge in [-0.1, -0.05) is 13.8 Å². The molecule has 0 aliphatic carbocycles. The fraction of sp³-hybridized carbons (Fsp3) is 0.667. The Bertz CT molecular complexity index is 524. The summed E-state index contributed by atoms with van der Waals surface area (Å²) in [4.78, 5) is 57.5. The molecule has 0 saturated heterocycles. The van der Waals surface area contributed by atoms with Gasteiger partial charge in [-0.3, -0.25) is 19.2 Å². The first-order valence-electron chi connectivity index (χ1n) is 7.98. The van der Waals surface area contributed by atoms with Gasteiger partial charge < -0.3 is 36.3 Å². The molecule has 0 saturated carbocycles. The van der Waals surface area contributed by atoms with Gasteiger partial charge in [0, 0.05) is 6.92 Å². The summed E-state index contributed by atoms with van der Waals surface area (Å²) in [5.41, 5.74) is 0. The number of carbonyl (C=O) groups excluding carboxylic acids is 5. The van der Waals surface area contributed by atoms with E-state index in [2.05, 4.69) is 21.3 Å². The van der Waals surface area contributed by atoms with Gasteiger partial charge in [-0.25, -0.2) is 0 Å². The molecular weight excluding hydrogens is 348 g/mol. The highest BCUT2D eigenvalue weighted by Gasteiger charge is 2.30. The number of nitrogens with one attached hydrogen (secondary N) is 4. The summed E-state index contributed by atoms with van der Waals surface area (Å²) in [6.07, 6.45) is 0.491. The summed E-state index contributed by atoms with van der Waals surface area (Å²) in [5.74, 6) is -3.18. The van der Waals surface area contributed by atoms with E-state index in [9.17, 15) is 29.1 Å². The average molecular weight is 374 g/mol. The molecule has 4 amide bonds. The first kappa shape index (κ1) is 23.5. The molecule has 3 atom stereocenters. The Morgan fingerprint density at radius 3 is 1.81 bits per heavy atom. The smallest absolute Gasteiger partial charge is 0.245 e. The molecule has 0 aromatic rings. The average Bonchev–Trinajstić information content (AvgIpc) is 2.58. The van der Waals surface area contributed by atoms with Crippen LogP contribution in [-0.2, 0) is 24.0 Å². The third kappa shape index (κ3) is 8.03. The van der Waals surface area contributed by atoms with Crippen LogP contribution in [0.1, 0.15) is 20.8 Å².